The fourth-order valence-corrected chi connectivity index (χ4v) is 2.85. The van der Waals surface area contributed by atoms with Crippen molar-refractivity contribution >= 4 is 34.0 Å². The summed E-state index contributed by atoms with van der Waals surface area (Å²) in [6.07, 6.45) is 0.175. The molecule has 5 nitrogen and oxygen atoms in total. The number of anilines is 2. The first-order valence-corrected chi connectivity index (χ1v) is 8.65. The summed E-state index contributed by atoms with van der Waals surface area (Å²) in [5.74, 6) is -0.220. The average molecular weight is 345 g/mol. The molecular weight excluding hydrogens is 322 g/mol. The predicted octanol–water partition coefficient (Wildman–Crippen LogP) is 3.93. The molecule has 2 aromatic rings. The lowest BCUT2D eigenvalue weighted by atomic mass is 9.96. The third-order valence-electron chi connectivity index (χ3n) is 3.30. The topological polar surface area (TPSA) is 71.1 Å². The zero-order valence-corrected chi connectivity index (χ0v) is 15.5. The maximum absolute atomic E-state index is 12.2. The van der Waals surface area contributed by atoms with Crippen molar-refractivity contribution in [3.05, 3.63) is 40.4 Å². The highest BCUT2D eigenvalue weighted by atomic mass is 32.1. The SMILES string of the molecule is Cc1cc(C)cc(NC(=O)Cc2csc(NC(=O)C(C)(C)C)n2)c1. The summed E-state index contributed by atoms with van der Waals surface area (Å²) in [4.78, 5) is 28.4. The predicted molar refractivity (Wildman–Crippen MR) is 98.4 cm³/mol. The number of hydrogen-bond donors (Lipinski definition) is 2. The lowest BCUT2D eigenvalue weighted by Crippen LogP contribution is -2.27. The Morgan fingerprint density at radius 2 is 1.71 bits per heavy atom. The molecule has 2 N–H and O–H groups in total. The minimum Gasteiger partial charge on any atom is -0.326 e. The van der Waals surface area contributed by atoms with Crippen LogP contribution in [0.5, 0.6) is 0 Å². The van der Waals surface area contributed by atoms with Crippen LogP contribution in [-0.2, 0) is 16.0 Å². The summed E-state index contributed by atoms with van der Waals surface area (Å²) < 4.78 is 0. The number of thiazole rings is 1. The summed E-state index contributed by atoms with van der Waals surface area (Å²) >= 11 is 1.32. The van der Waals surface area contributed by atoms with E-state index >= 15 is 0 Å². The number of hydrogen-bond acceptors (Lipinski definition) is 4. The van der Waals surface area contributed by atoms with Crippen LogP contribution in [0.3, 0.4) is 0 Å². The molecule has 0 unspecified atom stereocenters. The van der Waals surface area contributed by atoms with E-state index in [1.165, 1.54) is 11.3 Å². The third-order valence-corrected chi connectivity index (χ3v) is 4.11. The van der Waals surface area contributed by atoms with Crippen LogP contribution in [0.4, 0.5) is 10.8 Å². The molecule has 0 bridgehead atoms. The van der Waals surface area contributed by atoms with Crippen molar-refractivity contribution in [2.45, 2.75) is 41.0 Å². The number of carbonyl (C=O) groups excluding carboxylic acids is 2. The Bertz CT molecular complexity index is 740. The highest BCUT2D eigenvalue weighted by molar-refractivity contribution is 7.13. The van der Waals surface area contributed by atoms with E-state index in [0.29, 0.717) is 10.8 Å². The number of aromatic nitrogens is 1. The van der Waals surface area contributed by atoms with E-state index < -0.39 is 5.41 Å². The van der Waals surface area contributed by atoms with E-state index in [1.54, 1.807) is 5.38 Å². The number of nitrogens with zero attached hydrogens (tertiary/aromatic N) is 1. The number of benzene rings is 1. The normalized spacial score (nSPS) is 11.2. The fourth-order valence-electron chi connectivity index (χ4n) is 2.15. The van der Waals surface area contributed by atoms with E-state index in [1.807, 2.05) is 46.8 Å². The number of nitrogens with one attached hydrogen (secondary N) is 2. The first kappa shape index (κ1) is 18.1. The molecule has 0 aliphatic carbocycles. The van der Waals surface area contributed by atoms with Gasteiger partial charge in [-0.1, -0.05) is 26.8 Å². The molecule has 0 fully saturated rings. The van der Waals surface area contributed by atoms with Crippen LogP contribution in [0.15, 0.2) is 23.6 Å². The van der Waals surface area contributed by atoms with Gasteiger partial charge in [-0.15, -0.1) is 11.3 Å². The molecule has 1 aromatic heterocycles. The van der Waals surface area contributed by atoms with Crippen LogP contribution in [0.1, 0.15) is 37.6 Å². The molecule has 128 valence electrons. The van der Waals surface area contributed by atoms with Gasteiger partial charge < -0.3 is 10.6 Å². The van der Waals surface area contributed by atoms with Gasteiger partial charge in [-0.05, 0) is 37.1 Å². The van der Waals surface area contributed by atoms with Gasteiger partial charge in [-0.25, -0.2) is 4.98 Å². The van der Waals surface area contributed by atoms with Crippen molar-refractivity contribution < 1.29 is 9.59 Å². The summed E-state index contributed by atoms with van der Waals surface area (Å²) in [5.41, 5.74) is 3.16. The Labute approximate surface area is 146 Å². The van der Waals surface area contributed by atoms with Crippen molar-refractivity contribution in [3.63, 3.8) is 0 Å². The maximum Gasteiger partial charge on any atom is 0.231 e. The van der Waals surface area contributed by atoms with Crippen molar-refractivity contribution in [3.8, 4) is 0 Å². The largest absolute Gasteiger partial charge is 0.326 e. The number of carbonyl (C=O) groups is 2. The molecule has 1 aromatic carbocycles. The molecule has 0 radical (unpaired) electrons. The number of aryl methyl sites for hydroxylation is 2. The molecule has 1 heterocycles. The Morgan fingerprint density at radius 3 is 2.29 bits per heavy atom. The smallest absolute Gasteiger partial charge is 0.231 e. The molecule has 24 heavy (non-hydrogen) atoms. The monoisotopic (exact) mass is 345 g/mol. The van der Waals surface area contributed by atoms with Gasteiger partial charge in [-0.3, -0.25) is 9.59 Å². The van der Waals surface area contributed by atoms with E-state index in [-0.39, 0.29) is 18.2 Å². The van der Waals surface area contributed by atoms with Gasteiger partial charge in [0.25, 0.3) is 0 Å². The highest BCUT2D eigenvalue weighted by Gasteiger charge is 2.22. The van der Waals surface area contributed by atoms with Gasteiger partial charge >= 0.3 is 0 Å². The van der Waals surface area contributed by atoms with Gasteiger partial charge in [0.05, 0.1) is 12.1 Å². The van der Waals surface area contributed by atoms with Crippen LogP contribution in [-0.4, -0.2) is 16.8 Å². The van der Waals surface area contributed by atoms with Crippen molar-refractivity contribution in [1.29, 1.82) is 0 Å². The molecule has 0 aliphatic heterocycles. The van der Waals surface area contributed by atoms with Gasteiger partial charge in [0.15, 0.2) is 5.13 Å². The van der Waals surface area contributed by atoms with Crippen LogP contribution in [0, 0.1) is 19.3 Å². The maximum atomic E-state index is 12.2. The minimum atomic E-state index is -0.480. The second-order valence-electron chi connectivity index (χ2n) is 6.95. The van der Waals surface area contributed by atoms with Crippen molar-refractivity contribution in [2.75, 3.05) is 10.6 Å². The Morgan fingerprint density at radius 1 is 1.08 bits per heavy atom. The van der Waals surface area contributed by atoms with Crippen LogP contribution >= 0.6 is 11.3 Å². The third kappa shape index (κ3) is 5.16. The Hall–Kier alpha value is -2.21. The highest BCUT2D eigenvalue weighted by Crippen LogP contribution is 2.21. The molecule has 6 heteroatoms. The van der Waals surface area contributed by atoms with Gasteiger partial charge in [0, 0.05) is 16.5 Å². The summed E-state index contributed by atoms with van der Waals surface area (Å²) in [6.45, 7) is 9.51. The Balaban J connectivity index is 1.96. The van der Waals surface area contributed by atoms with Gasteiger partial charge in [0.2, 0.25) is 11.8 Å². The van der Waals surface area contributed by atoms with Crippen molar-refractivity contribution in [2.24, 2.45) is 5.41 Å². The molecule has 2 rings (SSSR count). The van der Waals surface area contributed by atoms with Gasteiger partial charge in [-0.2, -0.15) is 0 Å². The minimum absolute atomic E-state index is 0.0944. The van der Waals surface area contributed by atoms with Crippen LogP contribution in [0.2, 0.25) is 0 Å². The van der Waals surface area contributed by atoms with E-state index in [0.717, 1.165) is 16.8 Å². The Kier molecular flexibility index (Phi) is 5.39. The lowest BCUT2D eigenvalue weighted by Gasteiger charge is -2.15. The molecule has 0 spiro atoms. The van der Waals surface area contributed by atoms with Crippen LogP contribution in [0.25, 0.3) is 0 Å². The summed E-state index contributed by atoms with van der Waals surface area (Å²) in [6, 6.07) is 5.92. The second kappa shape index (κ2) is 7.13. The molecule has 0 aliphatic rings. The first-order chi connectivity index (χ1) is 11.1. The standard InChI is InChI=1S/C18H23N3O2S/c1-11-6-12(2)8-13(7-11)19-15(22)9-14-10-24-17(20-14)21-16(23)18(3,4)5/h6-8,10H,9H2,1-5H3,(H,19,22)(H,20,21,23). The van der Waals surface area contributed by atoms with Gasteiger partial charge in [0.1, 0.15) is 0 Å². The van der Waals surface area contributed by atoms with Crippen LogP contribution < -0.4 is 10.6 Å². The van der Waals surface area contributed by atoms with E-state index in [4.69, 9.17) is 0 Å². The first-order valence-electron chi connectivity index (χ1n) is 7.77. The molecule has 0 saturated heterocycles. The van der Waals surface area contributed by atoms with E-state index in [9.17, 15) is 9.59 Å². The summed E-state index contributed by atoms with van der Waals surface area (Å²) in [7, 11) is 0. The lowest BCUT2D eigenvalue weighted by molar-refractivity contribution is -0.123. The van der Waals surface area contributed by atoms with Crippen molar-refractivity contribution in [1.82, 2.24) is 4.98 Å². The average Bonchev–Trinajstić information content (AvgIpc) is 2.83. The molecular formula is C18H23N3O2S. The fraction of sp³-hybridized carbons (Fsp3) is 0.389. The zero-order chi connectivity index (χ0) is 17.9. The van der Waals surface area contributed by atoms with E-state index in [2.05, 4.69) is 21.7 Å². The molecule has 0 saturated carbocycles. The summed E-state index contributed by atoms with van der Waals surface area (Å²) in [5, 5.41) is 7.97. The number of amides is 2. The molecule has 2 amide bonds. The zero-order valence-electron chi connectivity index (χ0n) is 14.7. The second-order valence-corrected chi connectivity index (χ2v) is 7.81. The number of rotatable bonds is 4. The quantitative estimate of drug-likeness (QED) is 0.882. The molecule has 0 atom stereocenters.